The summed E-state index contributed by atoms with van der Waals surface area (Å²) in [6, 6.07) is 8.72. The Morgan fingerprint density at radius 1 is 1.17 bits per heavy atom. The Morgan fingerprint density at radius 2 is 1.78 bits per heavy atom. The molecule has 10 heteroatoms. The van der Waals surface area contributed by atoms with E-state index in [2.05, 4.69) is 24.7 Å². The first-order chi connectivity index (χ1) is 17.0. The van der Waals surface area contributed by atoms with E-state index >= 15 is 0 Å². The third kappa shape index (κ3) is 7.45. The smallest absolute Gasteiger partial charge is 0.278 e. The molecule has 0 aliphatic rings. The van der Waals surface area contributed by atoms with E-state index in [9.17, 15) is 14.7 Å². The number of rotatable bonds is 12. The van der Waals surface area contributed by atoms with Crippen LogP contribution in [-0.2, 0) is 11.5 Å². The fraction of sp³-hybridized carbons (Fsp3) is 0.500. The van der Waals surface area contributed by atoms with Crippen LogP contribution in [0.25, 0.3) is 0 Å². The SMILES string of the molecule is Cc1cn(COCC[Si](C)(C)C)nc(C(=O)N(CC(O)C(c2cccs2)c2cccs2)C(C)C)c1=O. The van der Waals surface area contributed by atoms with Crippen molar-refractivity contribution < 1.29 is 14.6 Å². The Balaban J connectivity index is 1.82. The zero-order valence-electron chi connectivity index (χ0n) is 21.9. The molecule has 3 aromatic rings. The highest BCUT2D eigenvalue weighted by Gasteiger charge is 2.31. The molecule has 7 nitrogen and oxygen atoms in total. The Bertz CT molecular complexity index is 1140. The third-order valence-electron chi connectivity index (χ3n) is 5.92. The first-order valence-electron chi connectivity index (χ1n) is 12.2. The van der Waals surface area contributed by atoms with Gasteiger partial charge in [-0.3, -0.25) is 9.59 Å². The van der Waals surface area contributed by atoms with Crippen molar-refractivity contribution in [2.24, 2.45) is 0 Å². The van der Waals surface area contributed by atoms with Gasteiger partial charge in [0.15, 0.2) is 5.69 Å². The quantitative estimate of drug-likeness (QED) is 0.254. The lowest BCUT2D eigenvalue weighted by atomic mass is 9.97. The summed E-state index contributed by atoms with van der Waals surface area (Å²) < 4.78 is 7.30. The van der Waals surface area contributed by atoms with Gasteiger partial charge in [0.05, 0.1) is 12.0 Å². The molecule has 0 saturated carbocycles. The van der Waals surface area contributed by atoms with Gasteiger partial charge < -0.3 is 14.7 Å². The molecule has 0 saturated heterocycles. The summed E-state index contributed by atoms with van der Waals surface area (Å²) in [5.74, 6) is -0.731. The zero-order chi connectivity index (χ0) is 26.5. The number of aryl methyl sites for hydroxylation is 1. The van der Waals surface area contributed by atoms with Crippen molar-refractivity contribution in [1.82, 2.24) is 14.7 Å². The monoisotopic (exact) mass is 547 g/mol. The maximum absolute atomic E-state index is 13.6. The first kappa shape index (κ1) is 28.5. The van der Waals surface area contributed by atoms with Crippen LogP contribution in [0.1, 0.15) is 45.6 Å². The summed E-state index contributed by atoms with van der Waals surface area (Å²) in [7, 11) is -1.22. The highest BCUT2D eigenvalue weighted by molar-refractivity contribution is 7.11. The number of amides is 1. The van der Waals surface area contributed by atoms with Gasteiger partial charge in [-0.05, 0) is 49.7 Å². The lowest BCUT2D eigenvalue weighted by molar-refractivity contribution is 0.0504. The molecule has 1 amide bonds. The van der Waals surface area contributed by atoms with E-state index in [1.165, 1.54) is 4.68 Å². The van der Waals surface area contributed by atoms with E-state index in [-0.39, 0.29) is 30.9 Å². The van der Waals surface area contributed by atoms with Gasteiger partial charge in [0.25, 0.3) is 5.91 Å². The van der Waals surface area contributed by atoms with Gasteiger partial charge in [-0.2, -0.15) is 5.10 Å². The molecule has 196 valence electrons. The number of hydrogen-bond acceptors (Lipinski definition) is 7. The number of aliphatic hydroxyl groups excluding tert-OH is 1. The van der Waals surface area contributed by atoms with Crippen LogP contribution >= 0.6 is 22.7 Å². The second-order valence-corrected chi connectivity index (χ2v) is 18.1. The van der Waals surface area contributed by atoms with Crippen molar-refractivity contribution in [2.45, 2.75) is 71.3 Å². The highest BCUT2D eigenvalue weighted by atomic mass is 32.1. The standard InChI is InChI=1S/C26H37N3O4S2Si/c1-18(2)29(16-20(30)23(21-9-7-12-34-21)22-10-8-13-35-22)26(32)24-25(31)19(3)15-28(27-24)17-33-11-14-36(4,5)6/h7-10,12-13,15,18,20,23,30H,11,14,16-17H2,1-6H3. The van der Waals surface area contributed by atoms with Crippen LogP contribution in [-0.4, -0.2) is 59.1 Å². The molecule has 0 aliphatic heterocycles. The Labute approximate surface area is 222 Å². The number of aromatic nitrogens is 2. The molecule has 1 N–H and O–H groups in total. The lowest BCUT2D eigenvalue weighted by Gasteiger charge is -2.31. The van der Waals surface area contributed by atoms with Crippen LogP contribution in [0.2, 0.25) is 25.7 Å². The predicted molar refractivity (Wildman–Crippen MR) is 150 cm³/mol. The summed E-state index contributed by atoms with van der Waals surface area (Å²) >= 11 is 3.16. The highest BCUT2D eigenvalue weighted by Crippen LogP contribution is 2.34. The van der Waals surface area contributed by atoms with Crippen molar-refractivity contribution in [1.29, 1.82) is 0 Å². The average Bonchev–Trinajstić information content (AvgIpc) is 3.51. The molecule has 0 aliphatic carbocycles. The Hall–Kier alpha value is -2.11. The van der Waals surface area contributed by atoms with Gasteiger partial charge >= 0.3 is 0 Å². The minimum Gasteiger partial charge on any atom is -0.390 e. The van der Waals surface area contributed by atoms with Crippen molar-refractivity contribution in [3.8, 4) is 0 Å². The molecular formula is C26H37N3O4S2Si. The summed E-state index contributed by atoms with van der Waals surface area (Å²) in [6.07, 6.45) is 0.775. The maximum Gasteiger partial charge on any atom is 0.278 e. The molecule has 0 bridgehead atoms. The minimum atomic E-state index is -1.22. The van der Waals surface area contributed by atoms with Crippen molar-refractivity contribution in [2.75, 3.05) is 13.2 Å². The molecule has 36 heavy (non-hydrogen) atoms. The largest absolute Gasteiger partial charge is 0.390 e. The summed E-state index contributed by atoms with van der Waals surface area (Å²) in [5.41, 5.74) is -0.110. The van der Waals surface area contributed by atoms with Gasteiger partial charge in [0, 0.05) is 48.8 Å². The molecule has 1 atom stereocenters. The van der Waals surface area contributed by atoms with Crippen LogP contribution in [0, 0.1) is 6.92 Å². The summed E-state index contributed by atoms with van der Waals surface area (Å²) in [4.78, 5) is 30.1. The number of thiophene rings is 2. The summed E-state index contributed by atoms with van der Waals surface area (Å²) in [6.45, 7) is 13.2. The molecule has 1 unspecified atom stereocenters. The van der Waals surface area contributed by atoms with Gasteiger partial charge in [-0.15, -0.1) is 22.7 Å². The first-order valence-corrected chi connectivity index (χ1v) is 17.7. The summed E-state index contributed by atoms with van der Waals surface area (Å²) in [5, 5.41) is 19.7. The topological polar surface area (TPSA) is 84.7 Å². The van der Waals surface area contributed by atoms with E-state index in [4.69, 9.17) is 4.74 Å². The van der Waals surface area contributed by atoms with Crippen molar-refractivity contribution in [3.05, 3.63) is 72.5 Å². The number of nitrogens with zero attached hydrogens (tertiary/aromatic N) is 3. The van der Waals surface area contributed by atoms with E-state index in [1.54, 1.807) is 40.7 Å². The second-order valence-electron chi connectivity index (χ2n) is 10.5. The van der Waals surface area contributed by atoms with E-state index in [0.717, 1.165) is 15.8 Å². The van der Waals surface area contributed by atoms with Gasteiger partial charge in [-0.25, -0.2) is 4.68 Å². The Kier molecular flexibility index (Phi) is 9.82. The van der Waals surface area contributed by atoms with Crippen molar-refractivity contribution in [3.63, 3.8) is 0 Å². The molecule has 0 fully saturated rings. The van der Waals surface area contributed by atoms with Crippen LogP contribution < -0.4 is 5.43 Å². The molecule has 0 aromatic carbocycles. The normalized spacial score (nSPS) is 12.9. The average molecular weight is 548 g/mol. The lowest BCUT2D eigenvalue weighted by Crippen LogP contribution is -2.46. The third-order valence-corrected chi connectivity index (χ3v) is 9.53. The molecule has 3 aromatic heterocycles. The van der Waals surface area contributed by atoms with Crippen molar-refractivity contribution >= 4 is 36.7 Å². The zero-order valence-corrected chi connectivity index (χ0v) is 24.6. The number of carbonyl (C=O) groups excluding carboxylic acids is 1. The minimum absolute atomic E-state index is 0.0821. The maximum atomic E-state index is 13.6. The molecular weight excluding hydrogens is 511 g/mol. The van der Waals surface area contributed by atoms with Crippen LogP contribution in [0.5, 0.6) is 0 Å². The predicted octanol–water partition coefficient (Wildman–Crippen LogP) is 5.03. The number of carbonyl (C=O) groups is 1. The second kappa shape index (κ2) is 12.4. The fourth-order valence-corrected chi connectivity index (χ4v) is 6.48. The van der Waals surface area contributed by atoms with Gasteiger partial charge in [0.1, 0.15) is 6.73 Å². The van der Waals surface area contributed by atoms with E-state index in [1.807, 2.05) is 48.9 Å². The molecule has 3 rings (SSSR count). The Morgan fingerprint density at radius 3 is 2.28 bits per heavy atom. The fourth-order valence-electron chi connectivity index (χ4n) is 3.84. The van der Waals surface area contributed by atoms with Crippen LogP contribution in [0.3, 0.4) is 0 Å². The van der Waals surface area contributed by atoms with Gasteiger partial charge in [0.2, 0.25) is 5.43 Å². The number of ether oxygens (including phenoxy) is 1. The number of hydrogen-bond donors (Lipinski definition) is 1. The van der Waals surface area contributed by atoms with Crippen LogP contribution in [0.4, 0.5) is 0 Å². The van der Waals surface area contributed by atoms with E-state index < -0.39 is 25.5 Å². The molecule has 0 spiro atoms. The molecule has 0 radical (unpaired) electrons. The number of aliphatic hydroxyl groups is 1. The van der Waals surface area contributed by atoms with Crippen LogP contribution in [0.15, 0.2) is 46.0 Å². The molecule has 3 heterocycles. The van der Waals surface area contributed by atoms with E-state index in [0.29, 0.717) is 12.2 Å². The van der Waals surface area contributed by atoms with Gasteiger partial charge in [-0.1, -0.05) is 31.8 Å².